The van der Waals surface area contributed by atoms with Crippen molar-refractivity contribution in [3.05, 3.63) is 10.6 Å². The molecular weight excluding hydrogens is 715 g/mol. The molecule has 1 aromatic rings. The summed E-state index contributed by atoms with van der Waals surface area (Å²) in [5.74, 6) is -1.50. The average Bonchev–Trinajstić information content (AvgIpc) is 3.64. The molecule has 2 aliphatic rings. The number of aryl methyl sites for hydroxylation is 1. The van der Waals surface area contributed by atoms with Crippen molar-refractivity contribution < 1.29 is 38.3 Å². The molecule has 1 saturated heterocycles. The topological polar surface area (TPSA) is 243 Å². The summed E-state index contributed by atoms with van der Waals surface area (Å²) in [7, 11) is 0. The molecule has 1 aromatic heterocycles. The summed E-state index contributed by atoms with van der Waals surface area (Å²) in [5, 5.41) is 16.8. The third kappa shape index (κ3) is 16.2. The maximum atomic E-state index is 12.7. The first-order valence-corrected chi connectivity index (χ1v) is 19.8. The van der Waals surface area contributed by atoms with Crippen LogP contribution >= 0.6 is 23.1 Å². The number of imide groups is 1. The van der Waals surface area contributed by atoms with Gasteiger partial charge in [0.1, 0.15) is 0 Å². The number of likely N-dealkylation sites (tertiary alicyclic amines) is 1. The predicted molar refractivity (Wildman–Crippen MR) is 198 cm³/mol. The number of nitrogens with one attached hydrogen (secondary N) is 6. The number of nitrogens with two attached hydrogens (primary N) is 1. The SMILES string of the molecule is CCCN[C@H]1CCc2nc(NC(=O)CNC(=O)NCCCCCCSC3CC(=O)N(CCC(=O)NCCOCCC(=O)NCC(N)=O)C3=O)sc2C1. The molecule has 8 amide bonds. The van der Waals surface area contributed by atoms with Crippen LogP contribution in [0, 0.1) is 0 Å². The fraction of sp³-hybridized carbons (Fsp3) is 0.697. The van der Waals surface area contributed by atoms with Gasteiger partial charge >= 0.3 is 6.03 Å². The van der Waals surface area contributed by atoms with Crippen molar-refractivity contribution in [3.63, 3.8) is 0 Å². The molecule has 0 radical (unpaired) electrons. The molecule has 8 N–H and O–H groups in total. The van der Waals surface area contributed by atoms with E-state index in [4.69, 9.17) is 10.5 Å². The fourth-order valence-corrected chi connectivity index (χ4v) is 7.76. The molecule has 1 aliphatic heterocycles. The van der Waals surface area contributed by atoms with Crippen LogP contribution in [0.4, 0.5) is 9.93 Å². The minimum atomic E-state index is -0.638. The summed E-state index contributed by atoms with van der Waals surface area (Å²) in [4.78, 5) is 90.8. The van der Waals surface area contributed by atoms with Crippen LogP contribution in [0.1, 0.15) is 75.3 Å². The van der Waals surface area contributed by atoms with Crippen LogP contribution in [0.5, 0.6) is 0 Å². The molecule has 290 valence electrons. The van der Waals surface area contributed by atoms with E-state index in [9.17, 15) is 33.6 Å². The van der Waals surface area contributed by atoms with Gasteiger partial charge in [0.25, 0.3) is 0 Å². The van der Waals surface area contributed by atoms with E-state index in [1.165, 1.54) is 28.0 Å². The Hall–Kier alpha value is -3.81. The lowest BCUT2D eigenvalue weighted by Crippen LogP contribution is -2.40. The third-order valence-corrected chi connectivity index (χ3v) is 10.6. The number of rotatable bonds is 25. The number of hydrogen-bond donors (Lipinski definition) is 7. The smallest absolute Gasteiger partial charge is 0.315 e. The summed E-state index contributed by atoms with van der Waals surface area (Å²) in [6.45, 7) is 3.73. The highest BCUT2D eigenvalue weighted by molar-refractivity contribution is 8.00. The Kier molecular flexibility index (Phi) is 19.4. The molecule has 0 spiro atoms. The first-order chi connectivity index (χ1) is 25.0. The van der Waals surface area contributed by atoms with Gasteiger partial charge in [0.2, 0.25) is 35.4 Å². The van der Waals surface area contributed by atoms with E-state index in [2.05, 4.69) is 43.8 Å². The van der Waals surface area contributed by atoms with Crippen LogP contribution in [0.25, 0.3) is 0 Å². The van der Waals surface area contributed by atoms with Gasteiger partial charge in [0.05, 0.1) is 37.2 Å². The van der Waals surface area contributed by atoms with Crippen molar-refractivity contribution in [1.82, 2.24) is 36.5 Å². The van der Waals surface area contributed by atoms with Crippen LogP contribution < -0.4 is 37.6 Å². The van der Waals surface area contributed by atoms with Gasteiger partial charge in [-0.15, -0.1) is 23.1 Å². The molecule has 2 heterocycles. The molecule has 3 rings (SSSR count). The normalized spacial score (nSPS) is 16.7. The number of anilines is 1. The molecule has 0 bridgehead atoms. The molecule has 2 atom stereocenters. The number of amides is 8. The number of ether oxygens (including phenoxy) is 1. The van der Waals surface area contributed by atoms with Gasteiger partial charge in [-0.2, -0.15) is 0 Å². The lowest BCUT2D eigenvalue weighted by Gasteiger charge is -2.21. The van der Waals surface area contributed by atoms with Crippen molar-refractivity contribution >= 4 is 69.7 Å². The van der Waals surface area contributed by atoms with E-state index in [0.717, 1.165) is 68.5 Å². The van der Waals surface area contributed by atoms with E-state index in [1.807, 2.05) is 0 Å². The van der Waals surface area contributed by atoms with Gasteiger partial charge in [0, 0.05) is 49.8 Å². The van der Waals surface area contributed by atoms with Crippen molar-refractivity contribution in [1.29, 1.82) is 0 Å². The lowest BCUT2D eigenvalue weighted by molar-refractivity contribution is -0.138. The zero-order valence-electron chi connectivity index (χ0n) is 29.9. The number of nitrogens with zero attached hydrogens (tertiary/aromatic N) is 2. The standard InChI is InChI=1S/C33H53N9O8S2/c1-2-11-35-22-7-8-23-24(18-22)52-33(40-23)41-29(46)21-39-32(49)37-12-5-3-4-6-17-51-25-19-30(47)42(31(25)48)14-9-27(44)36-13-16-50-15-10-28(45)38-20-26(34)43/h22,25,35H,2-21H2,1H3,(H2,34,43)(H,36,44)(H,38,45)(H2,37,39,49)(H,40,41,46)/t22-,25?/m0/s1. The number of carbonyl (C=O) groups is 7. The van der Waals surface area contributed by atoms with Gasteiger partial charge in [-0.25, -0.2) is 9.78 Å². The highest BCUT2D eigenvalue weighted by Crippen LogP contribution is 2.30. The molecule has 52 heavy (non-hydrogen) atoms. The number of aromatic nitrogens is 1. The van der Waals surface area contributed by atoms with Crippen molar-refractivity contribution in [3.8, 4) is 0 Å². The third-order valence-electron chi connectivity index (χ3n) is 8.22. The Morgan fingerprint density at radius 1 is 0.904 bits per heavy atom. The summed E-state index contributed by atoms with van der Waals surface area (Å²) in [6.07, 6.45) is 7.48. The number of hydrogen-bond acceptors (Lipinski definition) is 12. The number of carbonyl (C=O) groups excluding carboxylic acids is 7. The Morgan fingerprint density at radius 3 is 2.48 bits per heavy atom. The number of thioether (sulfide) groups is 1. The molecule has 1 fully saturated rings. The second-order valence-electron chi connectivity index (χ2n) is 12.5. The Bertz CT molecular complexity index is 1380. The largest absolute Gasteiger partial charge is 0.379 e. The zero-order chi connectivity index (χ0) is 37.7. The number of fused-ring (bicyclic) bond motifs is 1. The van der Waals surface area contributed by atoms with Gasteiger partial charge in [-0.05, 0) is 50.8 Å². The van der Waals surface area contributed by atoms with Crippen LogP contribution in [0.3, 0.4) is 0 Å². The number of urea groups is 1. The monoisotopic (exact) mass is 767 g/mol. The van der Waals surface area contributed by atoms with Crippen LogP contribution in [-0.2, 0) is 46.3 Å². The van der Waals surface area contributed by atoms with Gasteiger partial charge in [-0.3, -0.25) is 33.7 Å². The predicted octanol–water partition coefficient (Wildman–Crippen LogP) is 0.173. The minimum absolute atomic E-state index is 0.0118. The molecule has 0 saturated carbocycles. The van der Waals surface area contributed by atoms with Crippen LogP contribution in [0.2, 0.25) is 0 Å². The molecule has 17 nitrogen and oxygen atoms in total. The second-order valence-corrected chi connectivity index (χ2v) is 14.9. The quantitative estimate of drug-likeness (QED) is 0.0523. The van der Waals surface area contributed by atoms with Crippen LogP contribution in [0.15, 0.2) is 0 Å². The Labute approximate surface area is 312 Å². The number of primary amides is 1. The maximum absolute atomic E-state index is 12.7. The van der Waals surface area contributed by atoms with Gasteiger partial charge in [0.15, 0.2) is 5.13 Å². The Balaban J connectivity index is 1.15. The minimum Gasteiger partial charge on any atom is -0.379 e. The Morgan fingerprint density at radius 2 is 1.69 bits per heavy atom. The van der Waals surface area contributed by atoms with E-state index in [-0.39, 0.29) is 88.2 Å². The molecule has 1 aliphatic carbocycles. The van der Waals surface area contributed by atoms with Gasteiger partial charge in [-0.1, -0.05) is 19.8 Å². The highest BCUT2D eigenvalue weighted by atomic mass is 32.2. The maximum Gasteiger partial charge on any atom is 0.315 e. The van der Waals surface area contributed by atoms with Crippen LogP contribution in [-0.4, -0.2) is 121 Å². The van der Waals surface area contributed by atoms with E-state index in [0.29, 0.717) is 23.5 Å². The number of thiazole rings is 1. The summed E-state index contributed by atoms with van der Waals surface area (Å²) in [6, 6.07) is 0.0363. The van der Waals surface area contributed by atoms with Crippen molar-refractivity contribution in [2.24, 2.45) is 5.73 Å². The van der Waals surface area contributed by atoms with E-state index < -0.39 is 17.2 Å². The van der Waals surface area contributed by atoms with E-state index >= 15 is 0 Å². The fourth-order valence-electron chi connectivity index (χ4n) is 5.47. The summed E-state index contributed by atoms with van der Waals surface area (Å²) < 4.78 is 5.27. The van der Waals surface area contributed by atoms with Crippen molar-refractivity contribution in [2.75, 3.05) is 63.6 Å². The average molecular weight is 768 g/mol. The molecule has 0 aromatic carbocycles. The lowest BCUT2D eigenvalue weighted by atomic mass is 9.98. The number of unbranched alkanes of at least 4 members (excludes halogenated alkanes) is 3. The zero-order valence-corrected chi connectivity index (χ0v) is 31.5. The summed E-state index contributed by atoms with van der Waals surface area (Å²) >= 11 is 2.94. The van der Waals surface area contributed by atoms with E-state index in [1.54, 1.807) is 0 Å². The highest BCUT2D eigenvalue weighted by Gasteiger charge is 2.38. The first kappa shape index (κ1) is 42.6. The second kappa shape index (κ2) is 23.7. The summed E-state index contributed by atoms with van der Waals surface area (Å²) in [5.41, 5.74) is 6.00. The molecular formula is C33H53N9O8S2. The first-order valence-electron chi connectivity index (χ1n) is 17.9. The molecule has 19 heteroatoms. The molecule has 1 unspecified atom stereocenters. The van der Waals surface area contributed by atoms with Gasteiger partial charge < -0.3 is 42.4 Å². The van der Waals surface area contributed by atoms with Crippen molar-refractivity contribution in [2.45, 2.75) is 88.8 Å².